The lowest BCUT2D eigenvalue weighted by Gasteiger charge is -2.15. The number of carbonyl (C=O) groups is 1. The van der Waals surface area contributed by atoms with Gasteiger partial charge in [-0.2, -0.15) is 0 Å². The van der Waals surface area contributed by atoms with Crippen molar-refractivity contribution in [3.63, 3.8) is 0 Å². The SMILES string of the molecule is C=C/C=C(\C=C)CCCNC(=O)c1c(C)nc(SC)nc1-c1ccc(C)cc1C. The van der Waals surface area contributed by atoms with Gasteiger partial charge in [-0.25, -0.2) is 9.97 Å². The predicted molar refractivity (Wildman–Crippen MR) is 124 cm³/mol. The lowest BCUT2D eigenvalue weighted by atomic mass is 9.98. The van der Waals surface area contributed by atoms with E-state index in [4.69, 9.17) is 0 Å². The van der Waals surface area contributed by atoms with E-state index < -0.39 is 0 Å². The van der Waals surface area contributed by atoms with Gasteiger partial charge in [0.2, 0.25) is 0 Å². The number of nitrogens with zero attached hydrogens (tertiary/aromatic N) is 2. The van der Waals surface area contributed by atoms with Crippen molar-refractivity contribution in [1.29, 1.82) is 0 Å². The predicted octanol–water partition coefficient (Wildman–Crippen LogP) is 5.60. The van der Waals surface area contributed by atoms with Crippen molar-refractivity contribution in [2.75, 3.05) is 12.8 Å². The van der Waals surface area contributed by atoms with Crippen molar-refractivity contribution in [2.24, 2.45) is 0 Å². The summed E-state index contributed by atoms with van der Waals surface area (Å²) in [7, 11) is 0. The normalized spacial score (nSPS) is 11.2. The number of aryl methyl sites for hydroxylation is 3. The number of allylic oxidation sites excluding steroid dienone is 4. The summed E-state index contributed by atoms with van der Waals surface area (Å²) in [6.45, 7) is 14.1. The minimum atomic E-state index is -0.141. The summed E-state index contributed by atoms with van der Waals surface area (Å²) in [6.07, 6.45) is 9.10. The number of rotatable bonds is 9. The first-order valence-electron chi connectivity index (χ1n) is 9.63. The molecule has 1 N–H and O–H groups in total. The van der Waals surface area contributed by atoms with Crippen LogP contribution in [0.25, 0.3) is 11.3 Å². The number of aromatic nitrogens is 2. The van der Waals surface area contributed by atoms with E-state index in [1.165, 1.54) is 17.3 Å². The Bertz CT molecular complexity index is 947. The summed E-state index contributed by atoms with van der Waals surface area (Å²) >= 11 is 1.48. The smallest absolute Gasteiger partial charge is 0.255 e. The summed E-state index contributed by atoms with van der Waals surface area (Å²) in [5, 5.41) is 3.69. The summed E-state index contributed by atoms with van der Waals surface area (Å²) in [5.74, 6) is -0.141. The molecule has 1 aromatic heterocycles. The van der Waals surface area contributed by atoms with Crippen molar-refractivity contribution in [3.05, 3.63) is 77.5 Å². The van der Waals surface area contributed by atoms with Gasteiger partial charge in [0, 0.05) is 12.1 Å². The maximum Gasteiger partial charge on any atom is 0.255 e. The van der Waals surface area contributed by atoms with Crippen LogP contribution in [0.3, 0.4) is 0 Å². The first-order chi connectivity index (χ1) is 13.9. The highest BCUT2D eigenvalue weighted by Gasteiger charge is 2.20. The molecule has 0 radical (unpaired) electrons. The first kappa shape index (κ1) is 22.6. The molecule has 2 aromatic rings. The third kappa shape index (κ3) is 5.91. The van der Waals surface area contributed by atoms with Crippen molar-refractivity contribution < 1.29 is 4.79 Å². The molecule has 29 heavy (non-hydrogen) atoms. The summed E-state index contributed by atoms with van der Waals surface area (Å²) in [5.41, 5.74) is 6.26. The lowest BCUT2D eigenvalue weighted by molar-refractivity contribution is 0.0952. The van der Waals surface area contributed by atoms with E-state index in [1.54, 1.807) is 6.08 Å². The molecule has 1 amide bonds. The molecule has 0 aliphatic carbocycles. The summed E-state index contributed by atoms with van der Waals surface area (Å²) < 4.78 is 0. The topological polar surface area (TPSA) is 54.9 Å². The first-order valence-corrected chi connectivity index (χ1v) is 10.9. The molecule has 0 aliphatic heterocycles. The van der Waals surface area contributed by atoms with Crippen LogP contribution in [0.4, 0.5) is 0 Å². The number of benzene rings is 1. The fraction of sp³-hybridized carbons (Fsp3) is 0.292. The molecule has 0 unspecified atom stereocenters. The number of nitrogens with one attached hydrogen (secondary N) is 1. The maximum absolute atomic E-state index is 13.0. The molecule has 4 nitrogen and oxygen atoms in total. The van der Waals surface area contributed by atoms with Gasteiger partial charge in [-0.3, -0.25) is 4.79 Å². The van der Waals surface area contributed by atoms with E-state index in [1.807, 2.05) is 44.4 Å². The highest BCUT2D eigenvalue weighted by Crippen LogP contribution is 2.29. The second kappa shape index (κ2) is 10.8. The van der Waals surface area contributed by atoms with Crippen LogP contribution in [-0.2, 0) is 0 Å². The molecule has 0 atom stereocenters. The molecule has 0 saturated carbocycles. The Hall–Kier alpha value is -2.66. The monoisotopic (exact) mass is 407 g/mol. The minimum absolute atomic E-state index is 0.141. The lowest BCUT2D eigenvalue weighted by Crippen LogP contribution is -2.27. The highest BCUT2D eigenvalue weighted by molar-refractivity contribution is 7.98. The van der Waals surface area contributed by atoms with Crippen molar-refractivity contribution in [2.45, 2.75) is 38.8 Å². The van der Waals surface area contributed by atoms with Crippen LogP contribution in [0.5, 0.6) is 0 Å². The van der Waals surface area contributed by atoms with Crippen LogP contribution in [0.1, 0.15) is 40.0 Å². The molecule has 0 saturated heterocycles. The molecule has 1 aromatic carbocycles. The third-order valence-electron chi connectivity index (χ3n) is 4.64. The zero-order chi connectivity index (χ0) is 21.4. The Morgan fingerprint density at radius 1 is 1.21 bits per heavy atom. The van der Waals surface area contributed by atoms with Gasteiger partial charge in [-0.15, -0.1) is 0 Å². The van der Waals surface area contributed by atoms with E-state index in [0.717, 1.165) is 29.5 Å². The Morgan fingerprint density at radius 3 is 2.59 bits per heavy atom. The Morgan fingerprint density at radius 2 is 1.97 bits per heavy atom. The van der Waals surface area contributed by atoms with Crippen LogP contribution in [0.15, 0.2) is 60.3 Å². The molecule has 2 rings (SSSR count). The fourth-order valence-electron chi connectivity index (χ4n) is 3.17. The van der Waals surface area contributed by atoms with E-state index in [2.05, 4.69) is 41.4 Å². The molecule has 0 bridgehead atoms. The van der Waals surface area contributed by atoms with Gasteiger partial charge in [0.1, 0.15) is 0 Å². The average molecular weight is 408 g/mol. The Kier molecular flexibility index (Phi) is 8.40. The van der Waals surface area contributed by atoms with Gasteiger partial charge in [0.25, 0.3) is 5.91 Å². The van der Waals surface area contributed by atoms with Gasteiger partial charge in [-0.1, -0.05) is 66.9 Å². The molecule has 0 fully saturated rings. The van der Waals surface area contributed by atoms with Crippen LogP contribution in [-0.4, -0.2) is 28.7 Å². The number of hydrogen-bond donors (Lipinski definition) is 1. The van der Waals surface area contributed by atoms with Gasteiger partial charge in [0.05, 0.1) is 17.0 Å². The number of amides is 1. The number of thioether (sulfide) groups is 1. The molecular formula is C24H29N3OS. The molecule has 152 valence electrons. The Balaban J connectivity index is 2.29. The second-order valence-electron chi connectivity index (χ2n) is 6.88. The average Bonchev–Trinajstić information content (AvgIpc) is 2.69. The van der Waals surface area contributed by atoms with Gasteiger partial charge < -0.3 is 5.32 Å². The Labute approximate surface area is 178 Å². The molecule has 0 aliphatic rings. The number of hydrogen-bond acceptors (Lipinski definition) is 4. The zero-order valence-corrected chi connectivity index (χ0v) is 18.5. The third-order valence-corrected chi connectivity index (χ3v) is 5.19. The molecule has 5 heteroatoms. The standard InChI is InChI=1S/C24H29N3OS/c1-7-10-19(8-2)11-9-14-25-23(28)21-18(5)26-24(29-6)27-22(21)20-13-12-16(3)15-17(20)4/h7-8,10,12-13,15H,1-2,9,11,14H2,3-6H3,(H,25,28)/b19-10+. The number of carbonyl (C=O) groups excluding carboxylic acids is 1. The van der Waals surface area contributed by atoms with Crippen LogP contribution < -0.4 is 5.32 Å². The largest absolute Gasteiger partial charge is 0.352 e. The van der Waals surface area contributed by atoms with E-state index in [0.29, 0.717) is 28.7 Å². The van der Waals surface area contributed by atoms with Crippen LogP contribution in [0.2, 0.25) is 0 Å². The quantitative estimate of drug-likeness (QED) is 0.254. The van der Waals surface area contributed by atoms with Crippen molar-refractivity contribution >= 4 is 17.7 Å². The van der Waals surface area contributed by atoms with E-state index in [-0.39, 0.29) is 5.91 Å². The van der Waals surface area contributed by atoms with Crippen molar-refractivity contribution in [3.8, 4) is 11.3 Å². The van der Waals surface area contributed by atoms with Gasteiger partial charge in [-0.05, 0) is 51.0 Å². The highest BCUT2D eigenvalue weighted by atomic mass is 32.2. The van der Waals surface area contributed by atoms with Gasteiger partial charge in [0.15, 0.2) is 5.16 Å². The summed E-state index contributed by atoms with van der Waals surface area (Å²) in [6, 6.07) is 6.18. The van der Waals surface area contributed by atoms with E-state index >= 15 is 0 Å². The van der Waals surface area contributed by atoms with Crippen molar-refractivity contribution in [1.82, 2.24) is 15.3 Å². The second-order valence-corrected chi connectivity index (χ2v) is 7.65. The van der Waals surface area contributed by atoms with Gasteiger partial charge >= 0.3 is 0 Å². The fourth-order valence-corrected chi connectivity index (χ4v) is 3.58. The maximum atomic E-state index is 13.0. The summed E-state index contributed by atoms with van der Waals surface area (Å²) in [4.78, 5) is 22.2. The van der Waals surface area contributed by atoms with E-state index in [9.17, 15) is 4.79 Å². The van der Waals surface area contributed by atoms with Crippen LogP contribution in [0, 0.1) is 20.8 Å². The zero-order valence-electron chi connectivity index (χ0n) is 17.7. The minimum Gasteiger partial charge on any atom is -0.352 e. The molecular weight excluding hydrogens is 378 g/mol. The molecule has 0 spiro atoms. The van der Waals surface area contributed by atoms with Crippen LogP contribution >= 0.6 is 11.8 Å². The molecule has 1 heterocycles.